The van der Waals surface area contributed by atoms with E-state index in [1.165, 1.54) is 16.4 Å². The van der Waals surface area contributed by atoms with Gasteiger partial charge < -0.3 is 14.8 Å². The van der Waals surface area contributed by atoms with Gasteiger partial charge in [0, 0.05) is 19.2 Å². The van der Waals surface area contributed by atoms with Crippen molar-refractivity contribution < 1.29 is 22.7 Å². The second-order valence-electron chi connectivity index (χ2n) is 7.78. The zero-order chi connectivity index (χ0) is 23.8. The summed E-state index contributed by atoms with van der Waals surface area (Å²) in [5.74, 6) is 0.808. The van der Waals surface area contributed by atoms with Crippen LogP contribution in [0.1, 0.15) is 35.3 Å². The van der Waals surface area contributed by atoms with Crippen LogP contribution in [0.25, 0.3) is 0 Å². The molecule has 1 N–H and O–H groups in total. The molecule has 33 heavy (non-hydrogen) atoms. The maximum absolute atomic E-state index is 13.5. The topological polar surface area (TPSA) is 84.9 Å². The number of aryl methyl sites for hydroxylation is 2. The number of hydrogen-bond donors (Lipinski definition) is 1. The average Bonchev–Trinajstić information content (AvgIpc) is 2.91. The van der Waals surface area contributed by atoms with Crippen LogP contribution in [-0.2, 0) is 10.0 Å². The average molecular weight is 467 g/mol. The molecule has 0 radical (unpaired) electrons. The quantitative estimate of drug-likeness (QED) is 0.520. The highest BCUT2D eigenvalue weighted by atomic mass is 32.2. The van der Waals surface area contributed by atoms with Crippen molar-refractivity contribution in [1.29, 1.82) is 0 Å². The summed E-state index contributed by atoms with van der Waals surface area (Å²) in [4.78, 5) is 12.9. The number of amides is 1. The van der Waals surface area contributed by atoms with Gasteiger partial charge in [0.2, 0.25) is 10.0 Å². The molecule has 4 rings (SSSR count). The lowest BCUT2D eigenvalue weighted by atomic mass is 10.1. The minimum Gasteiger partial charge on any atom is -0.456 e. The molecule has 1 amide bonds. The highest BCUT2D eigenvalue weighted by Gasteiger charge is 2.31. The molecule has 3 aromatic rings. The molecular formula is C25H26N2O5S. The third kappa shape index (κ3) is 4.31. The van der Waals surface area contributed by atoms with Crippen molar-refractivity contribution in [3.05, 3.63) is 71.3 Å². The molecule has 0 saturated heterocycles. The molecule has 8 heteroatoms. The first kappa shape index (κ1) is 22.8. The Morgan fingerprint density at radius 2 is 1.67 bits per heavy atom. The third-order valence-electron chi connectivity index (χ3n) is 5.68. The summed E-state index contributed by atoms with van der Waals surface area (Å²) in [7, 11) is -3.93. The number of para-hydroxylation sites is 2. The predicted molar refractivity (Wildman–Crippen MR) is 127 cm³/mol. The SMILES string of the molecule is CCN(CC)S(=O)(=O)c1cc2c(cc1Oc1ccc(C)c(C)c1)Oc1ccccc1NC2=O. The van der Waals surface area contributed by atoms with E-state index in [0.29, 0.717) is 17.2 Å². The largest absolute Gasteiger partial charge is 0.456 e. The highest BCUT2D eigenvalue weighted by molar-refractivity contribution is 7.89. The second kappa shape index (κ2) is 8.88. The fourth-order valence-electron chi connectivity index (χ4n) is 3.66. The molecule has 0 aromatic heterocycles. The van der Waals surface area contributed by atoms with Crippen LogP contribution < -0.4 is 14.8 Å². The van der Waals surface area contributed by atoms with Crippen LogP contribution in [0.2, 0.25) is 0 Å². The molecular weight excluding hydrogens is 440 g/mol. The van der Waals surface area contributed by atoms with E-state index in [4.69, 9.17) is 9.47 Å². The maximum Gasteiger partial charge on any atom is 0.259 e. The number of nitrogens with one attached hydrogen (secondary N) is 1. The third-order valence-corrected chi connectivity index (χ3v) is 7.75. The number of anilines is 1. The van der Waals surface area contributed by atoms with E-state index in [9.17, 15) is 13.2 Å². The molecule has 0 unspecified atom stereocenters. The lowest BCUT2D eigenvalue weighted by Gasteiger charge is -2.22. The van der Waals surface area contributed by atoms with Gasteiger partial charge in [-0.25, -0.2) is 8.42 Å². The first-order valence-corrected chi connectivity index (χ1v) is 12.2. The van der Waals surface area contributed by atoms with Crippen molar-refractivity contribution in [2.75, 3.05) is 18.4 Å². The molecule has 0 saturated carbocycles. The Kier molecular flexibility index (Phi) is 6.14. The maximum atomic E-state index is 13.5. The zero-order valence-corrected chi connectivity index (χ0v) is 19.8. The summed E-state index contributed by atoms with van der Waals surface area (Å²) >= 11 is 0. The number of ether oxygens (including phenoxy) is 2. The van der Waals surface area contributed by atoms with Gasteiger partial charge in [0.15, 0.2) is 11.5 Å². The zero-order valence-electron chi connectivity index (χ0n) is 19.0. The Labute approximate surface area is 194 Å². The monoisotopic (exact) mass is 466 g/mol. The number of benzene rings is 3. The van der Waals surface area contributed by atoms with Crippen molar-refractivity contribution in [2.45, 2.75) is 32.6 Å². The van der Waals surface area contributed by atoms with E-state index >= 15 is 0 Å². The van der Waals surface area contributed by atoms with Crippen LogP contribution in [0.15, 0.2) is 59.5 Å². The molecule has 1 aliphatic rings. The number of sulfonamides is 1. The molecule has 172 valence electrons. The molecule has 3 aromatic carbocycles. The van der Waals surface area contributed by atoms with E-state index in [1.807, 2.05) is 26.0 Å². The summed E-state index contributed by atoms with van der Waals surface area (Å²) in [6.07, 6.45) is 0. The Hall–Kier alpha value is -3.36. The van der Waals surface area contributed by atoms with E-state index in [2.05, 4.69) is 5.32 Å². The van der Waals surface area contributed by atoms with Crippen LogP contribution in [0.3, 0.4) is 0 Å². The van der Waals surface area contributed by atoms with Crippen LogP contribution in [0, 0.1) is 13.8 Å². The van der Waals surface area contributed by atoms with Gasteiger partial charge in [0.25, 0.3) is 5.91 Å². The fraction of sp³-hybridized carbons (Fsp3) is 0.240. The summed E-state index contributed by atoms with van der Waals surface area (Å²) < 4.78 is 40.4. The van der Waals surface area contributed by atoms with Crippen molar-refractivity contribution in [3.63, 3.8) is 0 Å². The Morgan fingerprint density at radius 3 is 2.36 bits per heavy atom. The van der Waals surface area contributed by atoms with Gasteiger partial charge in [-0.05, 0) is 55.3 Å². The van der Waals surface area contributed by atoms with E-state index in [-0.39, 0.29) is 35.0 Å². The van der Waals surface area contributed by atoms with Gasteiger partial charge >= 0.3 is 0 Å². The number of carbonyl (C=O) groups is 1. The van der Waals surface area contributed by atoms with Crippen LogP contribution in [-0.4, -0.2) is 31.7 Å². The molecule has 1 heterocycles. The number of carbonyl (C=O) groups excluding carboxylic acids is 1. The van der Waals surface area contributed by atoms with Gasteiger partial charge in [-0.3, -0.25) is 4.79 Å². The summed E-state index contributed by atoms with van der Waals surface area (Å²) in [6, 6.07) is 15.4. The van der Waals surface area contributed by atoms with Crippen molar-refractivity contribution in [1.82, 2.24) is 4.31 Å². The van der Waals surface area contributed by atoms with E-state index < -0.39 is 15.9 Å². The van der Waals surface area contributed by atoms with Gasteiger partial charge in [0.1, 0.15) is 16.4 Å². The minimum absolute atomic E-state index is 0.0899. The summed E-state index contributed by atoms with van der Waals surface area (Å²) in [6.45, 7) is 8.04. The summed E-state index contributed by atoms with van der Waals surface area (Å²) in [5.41, 5.74) is 2.73. The number of rotatable bonds is 6. The van der Waals surface area contributed by atoms with Gasteiger partial charge in [-0.2, -0.15) is 4.31 Å². The molecule has 0 atom stereocenters. The molecule has 0 aliphatic carbocycles. The van der Waals surface area contributed by atoms with Crippen molar-refractivity contribution in [2.24, 2.45) is 0 Å². The standard InChI is InChI=1S/C25H26N2O5S/c1-5-27(6-2)33(29,30)24-14-19-22(32-21-10-8-7-9-20(21)26-25(19)28)15-23(24)31-18-12-11-16(3)17(4)13-18/h7-15H,5-6H2,1-4H3,(H,26,28). The lowest BCUT2D eigenvalue weighted by Crippen LogP contribution is -2.31. The Morgan fingerprint density at radius 1 is 0.939 bits per heavy atom. The summed E-state index contributed by atoms with van der Waals surface area (Å²) in [5, 5.41) is 2.78. The van der Waals surface area contributed by atoms with Gasteiger partial charge in [-0.15, -0.1) is 0 Å². The van der Waals surface area contributed by atoms with Gasteiger partial charge in [0.05, 0.1) is 11.3 Å². The molecule has 0 spiro atoms. The molecule has 1 aliphatic heterocycles. The van der Waals surface area contributed by atoms with Crippen LogP contribution in [0.5, 0.6) is 23.0 Å². The van der Waals surface area contributed by atoms with Crippen molar-refractivity contribution >= 4 is 21.6 Å². The highest BCUT2D eigenvalue weighted by Crippen LogP contribution is 2.42. The minimum atomic E-state index is -3.93. The first-order chi connectivity index (χ1) is 15.7. The van der Waals surface area contributed by atoms with Crippen LogP contribution >= 0.6 is 0 Å². The second-order valence-corrected chi connectivity index (χ2v) is 9.69. The Balaban J connectivity index is 1.90. The molecule has 0 bridgehead atoms. The predicted octanol–water partition coefficient (Wildman–Crippen LogP) is 5.48. The molecule has 0 fully saturated rings. The normalized spacial score (nSPS) is 12.9. The number of fused-ring (bicyclic) bond motifs is 2. The number of nitrogens with zero attached hydrogens (tertiary/aromatic N) is 1. The Bertz CT molecular complexity index is 1330. The van der Waals surface area contributed by atoms with Gasteiger partial charge in [-0.1, -0.05) is 32.0 Å². The smallest absolute Gasteiger partial charge is 0.259 e. The molecule has 7 nitrogen and oxygen atoms in total. The van der Waals surface area contributed by atoms with Crippen molar-refractivity contribution in [3.8, 4) is 23.0 Å². The van der Waals surface area contributed by atoms with E-state index in [0.717, 1.165) is 11.1 Å². The van der Waals surface area contributed by atoms with E-state index in [1.54, 1.807) is 44.2 Å². The lowest BCUT2D eigenvalue weighted by molar-refractivity contribution is 0.102. The number of hydrogen-bond acceptors (Lipinski definition) is 5. The first-order valence-electron chi connectivity index (χ1n) is 10.8. The fourth-order valence-corrected chi connectivity index (χ4v) is 5.24. The van der Waals surface area contributed by atoms with Crippen LogP contribution in [0.4, 0.5) is 5.69 Å².